The van der Waals surface area contributed by atoms with Gasteiger partial charge in [0.1, 0.15) is 12.0 Å². The summed E-state index contributed by atoms with van der Waals surface area (Å²) >= 11 is 0. The van der Waals surface area contributed by atoms with E-state index in [1.54, 1.807) is 12.1 Å². The molecular weight excluding hydrogens is 232 g/mol. The molecule has 0 aromatic heterocycles. The maximum atomic E-state index is 13.9. The molecule has 1 unspecified atom stereocenters. The van der Waals surface area contributed by atoms with Gasteiger partial charge in [0.25, 0.3) is 0 Å². The van der Waals surface area contributed by atoms with E-state index in [9.17, 15) is 8.78 Å². The predicted molar refractivity (Wildman–Crippen MR) is 71.9 cm³/mol. The zero-order chi connectivity index (χ0) is 13.4. The summed E-state index contributed by atoms with van der Waals surface area (Å²) in [6.07, 6.45) is 2.28. The van der Waals surface area contributed by atoms with Crippen LogP contribution in [0.15, 0.2) is 24.3 Å². The van der Waals surface area contributed by atoms with Crippen molar-refractivity contribution in [3.05, 3.63) is 35.6 Å². The zero-order valence-corrected chi connectivity index (χ0v) is 11.3. The number of rotatable bonds is 3. The highest BCUT2D eigenvalue weighted by Crippen LogP contribution is 2.23. The molecule has 1 nitrogen and oxygen atoms in total. The van der Waals surface area contributed by atoms with Crippen molar-refractivity contribution < 1.29 is 8.78 Å². The molecule has 1 heterocycles. The quantitative estimate of drug-likeness (QED) is 0.776. The van der Waals surface area contributed by atoms with E-state index in [1.165, 1.54) is 18.6 Å². The molecule has 0 spiro atoms. The van der Waals surface area contributed by atoms with Crippen LogP contribution in [-0.4, -0.2) is 24.5 Å². The number of piperidine rings is 1. The van der Waals surface area contributed by atoms with Crippen LogP contribution in [0, 0.1) is 5.82 Å². The molecule has 102 valence electrons. The van der Waals surface area contributed by atoms with Gasteiger partial charge in [-0.15, -0.1) is 0 Å². The molecule has 0 saturated carbocycles. The minimum absolute atomic E-state index is 0.188. The third kappa shape index (κ3) is 4.37. The largest absolute Gasteiger partial charge is 0.300 e. The third-order valence-corrected chi connectivity index (χ3v) is 3.11. The molecule has 0 N–H and O–H groups in total. The Bertz CT molecular complexity index is 335. The van der Waals surface area contributed by atoms with E-state index in [2.05, 4.69) is 4.90 Å². The standard InChI is InChI=1S/C13H17F2N.C2H6/c14-12-7-3-2-6-11(12)13(15)10-16-8-4-1-5-9-16;1-2/h2-3,6-7,13H,1,4-5,8-10H2;1-2H3. The summed E-state index contributed by atoms with van der Waals surface area (Å²) < 4.78 is 27.2. The van der Waals surface area contributed by atoms with Gasteiger partial charge in [0, 0.05) is 12.1 Å². The van der Waals surface area contributed by atoms with Crippen molar-refractivity contribution in [2.45, 2.75) is 39.3 Å². The minimum atomic E-state index is -1.21. The van der Waals surface area contributed by atoms with Crippen molar-refractivity contribution in [3.8, 4) is 0 Å². The average molecular weight is 255 g/mol. The second kappa shape index (κ2) is 8.20. The molecule has 18 heavy (non-hydrogen) atoms. The first-order valence-electron chi connectivity index (χ1n) is 6.88. The van der Waals surface area contributed by atoms with Crippen molar-refractivity contribution in [1.29, 1.82) is 0 Å². The number of nitrogens with zero attached hydrogens (tertiary/aromatic N) is 1. The minimum Gasteiger partial charge on any atom is -0.300 e. The summed E-state index contributed by atoms with van der Waals surface area (Å²) in [5.41, 5.74) is 0.188. The van der Waals surface area contributed by atoms with E-state index in [-0.39, 0.29) is 5.56 Å². The van der Waals surface area contributed by atoms with Crippen LogP contribution in [0.5, 0.6) is 0 Å². The predicted octanol–water partition coefficient (Wildman–Crippen LogP) is 4.35. The van der Waals surface area contributed by atoms with Crippen molar-refractivity contribution >= 4 is 0 Å². The topological polar surface area (TPSA) is 3.24 Å². The summed E-state index contributed by atoms with van der Waals surface area (Å²) in [4.78, 5) is 2.08. The normalized spacial score (nSPS) is 17.8. The molecule has 1 saturated heterocycles. The number of halogens is 2. The first-order chi connectivity index (χ1) is 8.77. The lowest BCUT2D eigenvalue weighted by molar-refractivity contribution is 0.165. The van der Waals surface area contributed by atoms with E-state index in [0.717, 1.165) is 25.9 Å². The Hall–Kier alpha value is -0.960. The first kappa shape index (κ1) is 15.1. The molecular formula is C15H23F2N. The Kier molecular flexibility index (Phi) is 6.88. The van der Waals surface area contributed by atoms with E-state index >= 15 is 0 Å². The molecule has 1 fully saturated rings. The Balaban J connectivity index is 0.000000771. The summed E-state index contributed by atoms with van der Waals surface area (Å²) in [6, 6.07) is 6.12. The highest BCUT2D eigenvalue weighted by atomic mass is 19.1. The van der Waals surface area contributed by atoms with Gasteiger partial charge in [-0.2, -0.15) is 0 Å². The lowest BCUT2D eigenvalue weighted by atomic mass is 10.1. The Morgan fingerprint density at radius 1 is 1.11 bits per heavy atom. The van der Waals surface area contributed by atoms with Crippen molar-refractivity contribution in [2.24, 2.45) is 0 Å². The van der Waals surface area contributed by atoms with E-state index < -0.39 is 12.0 Å². The fourth-order valence-corrected chi connectivity index (χ4v) is 2.20. The van der Waals surface area contributed by atoms with Crippen LogP contribution in [-0.2, 0) is 0 Å². The summed E-state index contributed by atoms with van der Waals surface area (Å²) in [7, 11) is 0. The van der Waals surface area contributed by atoms with Crippen LogP contribution in [0.2, 0.25) is 0 Å². The van der Waals surface area contributed by atoms with Gasteiger partial charge < -0.3 is 4.90 Å². The molecule has 0 amide bonds. The van der Waals surface area contributed by atoms with E-state index in [1.807, 2.05) is 13.8 Å². The van der Waals surface area contributed by atoms with Gasteiger partial charge in [-0.1, -0.05) is 38.5 Å². The summed E-state index contributed by atoms with van der Waals surface area (Å²) in [6.45, 7) is 6.20. The Morgan fingerprint density at radius 3 is 2.33 bits per heavy atom. The summed E-state index contributed by atoms with van der Waals surface area (Å²) in [5.74, 6) is -0.438. The molecule has 2 rings (SSSR count). The molecule has 3 heteroatoms. The van der Waals surface area contributed by atoms with E-state index in [4.69, 9.17) is 0 Å². The maximum absolute atomic E-state index is 13.9. The molecule has 1 aromatic carbocycles. The zero-order valence-electron chi connectivity index (χ0n) is 11.3. The Morgan fingerprint density at radius 2 is 1.72 bits per heavy atom. The SMILES string of the molecule is CC.Fc1ccccc1C(F)CN1CCCCC1. The first-order valence-corrected chi connectivity index (χ1v) is 6.88. The van der Waals surface area contributed by atoms with Crippen LogP contribution < -0.4 is 0 Å². The van der Waals surface area contributed by atoms with Crippen molar-refractivity contribution in [1.82, 2.24) is 4.90 Å². The molecule has 0 radical (unpaired) electrons. The number of likely N-dealkylation sites (tertiary alicyclic amines) is 1. The second-order valence-corrected chi connectivity index (χ2v) is 4.35. The highest BCUT2D eigenvalue weighted by Gasteiger charge is 2.19. The number of benzene rings is 1. The van der Waals surface area contributed by atoms with Gasteiger partial charge in [0.05, 0.1) is 0 Å². The molecule has 1 aliphatic heterocycles. The number of hydrogen-bond acceptors (Lipinski definition) is 1. The van der Waals surface area contributed by atoms with Gasteiger partial charge in [0.15, 0.2) is 0 Å². The number of hydrogen-bond donors (Lipinski definition) is 0. The lowest BCUT2D eigenvalue weighted by Gasteiger charge is -2.27. The van der Waals surface area contributed by atoms with Crippen LogP contribution in [0.25, 0.3) is 0 Å². The van der Waals surface area contributed by atoms with Crippen molar-refractivity contribution in [2.75, 3.05) is 19.6 Å². The Labute approximate surface area is 109 Å². The molecule has 1 aromatic rings. The van der Waals surface area contributed by atoms with Gasteiger partial charge in [0.2, 0.25) is 0 Å². The van der Waals surface area contributed by atoms with Crippen LogP contribution in [0.4, 0.5) is 8.78 Å². The number of alkyl halides is 1. The third-order valence-electron chi connectivity index (χ3n) is 3.11. The fourth-order valence-electron chi connectivity index (χ4n) is 2.20. The molecule has 0 bridgehead atoms. The highest BCUT2D eigenvalue weighted by molar-refractivity contribution is 5.20. The van der Waals surface area contributed by atoms with Gasteiger partial charge in [-0.3, -0.25) is 0 Å². The smallest absolute Gasteiger partial charge is 0.141 e. The van der Waals surface area contributed by atoms with Gasteiger partial charge >= 0.3 is 0 Å². The molecule has 1 atom stereocenters. The molecule has 1 aliphatic rings. The van der Waals surface area contributed by atoms with Crippen LogP contribution >= 0.6 is 0 Å². The monoisotopic (exact) mass is 255 g/mol. The lowest BCUT2D eigenvalue weighted by Crippen LogP contribution is -2.32. The summed E-state index contributed by atoms with van der Waals surface area (Å²) in [5, 5.41) is 0. The average Bonchev–Trinajstić information content (AvgIpc) is 2.42. The van der Waals surface area contributed by atoms with Crippen LogP contribution in [0.3, 0.4) is 0 Å². The van der Waals surface area contributed by atoms with E-state index in [0.29, 0.717) is 6.54 Å². The van der Waals surface area contributed by atoms with Crippen LogP contribution in [0.1, 0.15) is 44.8 Å². The van der Waals surface area contributed by atoms with Gasteiger partial charge in [-0.25, -0.2) is 8.78 Å². The van der Waals surface area contributed by atoms with Gasteiger partial charge in [-0.05, 0) is 32.0 Å². The maximum Gasteiger partial charge on any atom is 0.141 e. The fraction of sp³-hybridized carbons (Fsp3) is 0.600. The molecule has 0 aliphatic carbocycles. The second-order valence-electron chi connectivity index (χ2n) is 4.35. The van der Waals surface area contributed by atoms with Crippen molar-refractivity contribution in [3.63, 3.8) is 0 Å².